The zero-order valence-electron chi connectivity index (χ0n) is 20.7. The van der Waals surface area contributed by atoms with Crippen LogP contribution in [0, 0.1) is 5.92 Å². The fraction of sp³-hybridized carbons (Fsp3) is 0.296. The number of amides is 1. The minimum Gasteiger partial charge on any atom is -0.475 e. The van der Waals surface area contributed by atoms with Gasteiger partial charge in [0.15, 0.2) is 11.5 Å². The molecule has 0 saturated heterocycles. The molecule has 1 aliphatic rings. The minimum absolute atomic E-state index is 0.0151. The molecule has 2 aromatic heterocycles. The maximum atomic E-state index is 13.3. The summed E-state index contributed by atoms with van der Waals surface area (Å²) < 4.78 is 40.8. The topological polar surface area (TPSA) is 122 Å². The van der Waals surface area contributed by atoms with E-state index in [0.717, 1.165) is 31.4 Å². The number of rotatable bonds is 9. The molecule has 0 radical (unpaired) electrons. The van der Waals surface area contributed by atoms with Crippen LogP contribution in [0.2, 0.25) is 0 Å². The van der Waals surface area contributed by atoms with Gasteiger partial charge in [-0.2, -0.15) is 13.2 Å². The van der Waals surface area contributed by atoms with Gasteiger partial charge in [0, 0.05) is 12.2 Å². The molecule has 202 valence electrons. The van der Waals surface area contributed by atoms with E-state index in [1.54, 1.807) is 30.3 Å². The van der Waals surface area contributed by atoms with Crippen molar-refractivity contribution in [2.75, 3.05) is 17.2 Å². The molecule has 0 aliphatic heterocycles. The molecule has 2 aromatic carbocycles. The molecule has 1 amide bonds. The van der Waals surface area contributed by atoms with Gasteiger partial charge in [-0.1, -0.05) is 49.6 Å². The van der Waals surface area contributed by atoms with Crippen LogP contribution in [0.3, 0.4) is 0 Å². The van der Waals surface area contributed by atoms with Crippen LogP contribution in [0.25, 0.3) is 11.2 Å². The number of imidazole rings is 1. The summed E-state index contributed by atoms with van der Waals surface area (Å²) in [5.41, 5.74) is 0.451. The molecule has 1 fully saturated rings. The van der Waals surface area contributed by atoms with Gasteiger partial charge in [0.2, 0.25) is 11.6 Å². The van der Waals surface area contributed by atoms with Crippen LogP contribution in [-0.4, -0.2) is 43.0 Å². The molecule has 5 rings (SSSR count). The molecule has 12 heteroatoms. The van der Waals surface area contributed by atoms with Crippen LogP contribution in [0.4, 0.5) is 24.7 Å². The summed E-state index contributed by atoms with van der Waals surface area (Å²) in [6.45, 7) is 0.492. The Labute approximate surface area is 221 Å². The van der Waals surface area contributed by atoms with Gasteiger partial charge in [-0.3, -0.25) is 4.79 Å². The SMILES string of the molecule is O=C(O)c1nc(NCCC2CCC2)c2c(n1)nc(C(=O)Nc1ccccc1)n2Cc1ccc(C(F)(F)F)cc1. The van der Waals surface area contributed by atoms with Crippen LogP contribution < -0.4 is 10.6 Å². The highest BCUT2D eigenvalue weighted by molar-refractivity contribution is 6.04. The molecule has 0 spiro atoms. The second kappa shape index (κ2) is 10.7. The average molecular weight is 539 g/mol. The Balaban J connectivity index is 1.57. The first-order chi connectivity index (χ1) is 18.7. The lowest BCUT2D eigenvalue weighted by atomic mass is 9.83. The number of benzene rings is 2. The molecule has 9 nitrogen and oxygen atoms in total. The quantitative estimate of drug-likeness (QED) is 0.259. The first kappa shape index (κ1) is 26.1. The van der Waals surface area contributed by atoms with Crippen molar-refractivity contribution < 1.29 is 27.9 Å². The Kier molecular flexibility index (Phi) is 7.18. The van der Waals surface area contributed by atoms with Crippen molar-refractivity contribution in [1.29, 1.82) is 0 Å². The number of nitrogens with one attached hydrogen (secondary N) is 2. The molecule has 39 heavy (non-hydrogen) atoms. The maximum absolute atomic E-state index is 13.3. The van der Waals surface area contributed by atoms with Crippen molar-refractivity contribution in [2.24, 2.45) is 5.92 Å². The standard InChI is InChI=1S/C27H25F3N6O3/c28-27(29,30)18-11-9-17(10-12-18)15-36-20-21(31-14-13-16-5-4-6-16)33-23(26(38)39)34-22(20)35-24(36)25(37)32-19-7-2-1-3-8-19/h1-3,7-12,16H,4-6,13-15H2,(H,32,37)(H,38,39)(H,31,33,34). The van der Waals surface area contributed by atoms with Gasteiger partial charge < -0.3 is 20.3 Å². The van der Waals surface area contributed by atoms with E-state index in [9.17, 15) is 27.9 Å². The Hall–Kier alpha value is -4.48. The van der Waals surface area contributed by atoms with E-state index in [4.69, 9.17) is 0 Å². The minimum atomic E-state index is -4.49. The average Bonchev–Trinajstić information content (AvgIpc) is 3.24. The number of carbonyl (C=O) groups excluding carboxylic acids is 1. The van der Waals surface area contributed by atoms with Crippen molar-refractivity contribution in [3.8, 4) is 0 Å². The number of alkyl halides is 3. The van der Waals surface area contributed by atoms with E-state index < -0.39 is 29.4 Å². The van der Waals surface area contributed by atoms with Crippen molar-refractivity contribution in [3.63, 3.8) is 0 Å². The zero-order valence-corrected chi connectivity index (χ0v) is 20.7. The highest BCUT2D eigenvalue weighted by atomic mass is 19.4. The van der Waals surface area contributed by atoms with Crippen molar-refractivity contribution in [1.82, 2.24) is 19.5 Å². The molecule has 1 saturated carbocycles. The summed E-state index contributed by atoms with van der Waals surface area (Å²) in [4.78, 5) is 37.7. The monoisotopic (exact) mass is 538 g/mol. The van der Waals surface area contributed by atoms with Crippen molar-refractivity contribution in [3.05, 3.63) is 77.4 Å². The molecule has 1 aliphatic carbocycles. The van der Waals surface area contributed by atoms with Gasteiger partial charge in [-0.05, 0) is 42.2 Å². The highest BCUT2D eigenvalue weighted by Gasteiger charge is 2.30. The molecule has 0 atom stereocenters. The number of nitrogens with zero attached hydrogens (tertiary/aromatic N) is 4. The van der Waals surface area contributed by atoms with Crippen LogP contribution >= 0.6 is 0 Å². The normalized spacial score (nSPS) is 13.7. The fourth-order valence-electron chi connectivity index (χ4n) is 4.45. The first-order valence-corrected chi connectivity index (χ1v) is 12.5. The molecular formula is C27H25F3N6O3. The van der Waals surface area contributed by atoms with Crippen molar-refractivity contribution in [2.45, 2.75) is 38.4 Å². The van der Waals surface area contributed by atoms with Gasteiger partial charge in [-0.25, -0.2) is 19.7 Å². The smallest absolute Gasteiger partial charge is 0.416 e. The largest absolute Gasteiger partial charge is 0.475 e. The Morgan fingerprint density at radius 3 is 2.33 bits per heavy atom. The van der Waals surface area contributed by atoms with E-state index >= 15 is 0 Å². The van der Waals surface area contributed by atoms with Gasteiger partial charge in [0.25, 0.3) is 5.91 Å². The highest BCUT2D eigenvalue weighted by Crippen LogP contribution is 2.31. The molecule has 3 N–H and O–H groups in total. The van der Waals surface area contributed by atoms with Gasteiger partial charge in [0.1, 0.15) is 5.52 Å². The fourth-order valence-corrected chi connectivity index (χ4v) is 4.45. The van der Waals surface area contributed by atoms with E-state index in [1.807, 2.05) is 0 Å². The lowest BCUT2D eigenvalue weighted by Gasteiger charge is -2.25. The summed E-state index contributed by atoms with van der Waals surface area (Å²) >= 11 is 0. The van der Waals surface area contributed by atoms with Crippen LogP contribution in [0.5, 0.6) is 0 Å². The van der Waals surface area contributed by atoms with E-state index in [0.29, 0.717) is 23.7 Å². The number of carbonyl (C=O) groups is 2. The number of hydrogen-bond acceptors (Lipinski definition) is 6. The maximum Gasteiger partial charge on any atom is 0.416 e. The number of aromatic carboxylic acids is 1. The number of para-hydroxylation sites is 1. The summed E-state index contributed by atoms with van der Waals surface area (Å²) in [7, 11) is 0. The third kappa shape index (κ3) is 5.84. The summed E-state index contributed by atoms with van der Waals surface area (Å²) in [5.74, 6) is -1.75. The Morgan fingerprint density at radius 2 is 1.72 bits per heavy atom. The lowest BCUT2D eigenvalue weighted by molar-refractivity contribution is -0.137. The van der Waals surface area contributed by atoms with Crippen LogP contribution in [0.15, 0.2) is 54.6 Å². The third-order valence-electron chi connectivity index (χ3n) is 6.72. The Bertz CT molecular complexity index is 1500. The van der Waals surface area contributed by atoms with Gasteiger partial charge in [-0.15, -0.1) is 0 Å². The lowest BCUT2D eigenvalue weighted by Crippen LogP contribution is -2.20. The van der Waals surface area contributed by atoms with E-state index in [2.05, 4.69) is 25.6 Å². The van der Waals surface area contributed by atoms with Crippen LogP contribution in [0.1, 0.15) is 58.0 Å². The number of carboxylic acid groups (broad SMARTS) is 1. The molecular weight excluding hydrogens is 513 g/mol. The van der Waals surface area contributed by atoms with E-state index in [1.165, 1.54) is 23.1 Å². The number of fused-ring (bicyclic) bond motifs is 1. The number of aromatic nitrogens is 4. The van der Waals surface area contributed by atoms with E-state index in [-0.39, 0.29) is 29.4 Å². The summed E-state index contributed by atoms with van der Waals surface area (Å²) in [6, 6.07) is 13.2. The summed E-state index contributed by atoms with van der Waals surface area (Å²) in [5, 5.41) is 15.5. The number of anilines is 2. The predicted octanol–water partition coefficient (Wildman–Crippen LogP) is 5.45. The predicted molar refractivity (Wildman–Crippen MR) is 138 cm³/mol. The second-order valence-corrected chi connectivity index (χ2v) is 9.42. The Morgan fingerprint density at radius 1 is 1.00 bits per heavy atom. The summed E-state index contributed by atoms with van der Waals surface area (Å²) in [6.07, 6.45) is -0.166. The molecule has 0 bridgehead atoms. The molecule has 2 heterocycles. The first-order valence-electron chi connectivity index (χ1n) is 12.5. The third-order valence-corrected chi connectivity index (χ3v) is 6.72. The molecule has 0 unspecified atom stereocenters. The zero-order chi connectivity index (χ0) is 27.6. The van der Waals surface area contributed by atoms with Gasteiger partial charge in [0.05, 0.1) is 12.1 Å². The second-order valence-electron chi connectivity index (χ2n) is 9.42. The number of carboxylic acids is 1. The number of halogens is 3. The van der Waals surface area contributed by atoms with Gasteiger partial charge >= 0.3 is 12.1 Å². The number of hydrogen-bond donors (Lipinski definition) is 3. The molecule has 4 aromatic rings. The van der Waals surface area contributed by atoms with Crippen molar-refractivity contribution >= 4 is 34.5 Å². The van der Waals surface area contributed by atoms with Crippen LogP contribution in [-0.2, 0) is 12.7 Å².